The minimum atomic E-state index is -0.375. The van der Waals surface area contributed by atoms with Gasteiger partial charge in [0.05, 0.1) is 19.6 Å². The first-order chi connectivity index (χ1) is 11.8. The van der Waals surface area contributed by atoms with Gasteiger partial charge in [-0.2, -0.15) is 5.10 Å². The summed E-state index contributed by atoms with van der Waals surface area (Å²) >= 11 is 9.90. The Morgan fingerprint density at radius 1 is 1.16 bits per heavy atom. The minimum absolute atomic E-state index is 0.105. The number of nitrogens with one attached hydrogen (secondary N) is 1. The number of amides is 1. The van der Waals surface area contributed by atoms with Crippen molar-refractivity contribution in [1.29, 1.82) is 0 Å². The van der Waals surface area contributed by atoms with E-state index in [2.05, 4.69) is 58.3 Å². The van der Waals surface area contributed by atoms with Crippen LogP contribution in [-0.2, 0) is 4.79 Å². The van der Waals surface area contributed by atoms with Crippen molar-refractivity contribution in [1.82, 2.24) is 5.43 Å². The molecule has 0 aliphatic carbocycles. The number of carbonyl (C=O) groups excluding carboxylic acids is 1. The molecule has 0 aliphatic heterocycles. The van der Waals surface area contributed by atoms with Crippen LogP contribution in [0.3, 0.4) is 0 Å². The van der Waals surface area contributed by atoms with Crippen LogP contribution in [-0.4, -0.2) is 23.8 Å². The van der Waals surface area contributed by atoms with Crippen LogP contribution in [0.2, 0.25) is 0 Å². The molecule has 2 rings (SSSR count). The molecular formula is C17H15Br3N2O3. The molecule has 0 fully saturated rings. The molecule has 0 heterocycles. The molecule has 0 unspecified atom stereocenters. The largest absolute Gasteiger partial charge is 0.506 e. The maximum atomic E-state index is 11.9. The zero-order valence-corrected chi connectivity index (χ0v) is 18.2. The van der Waals surface area contributed by atoms with Crippen LogP contribution in [0.25, 0.3) is 0 Å². The Hall–Kier alpha value is -1.38. The van der Waals surface area contributed by atoms with Gasteiger partial charge in [0.2, 0.25) is 0 Å². The van der Waals surface area contributed by atoms with E-state index in [0.717, 1.165) is 15.6 Å². The van der Waals surface area contributed by atoms with Crippen molar-refractivity contribution in [2.75, 3.05) is 6.61 Å². The van der Waals surface area contributed by atoms with Crippen LogP contribution in [0.5, 0.6) is 11.5 Å². The number of hydrazone groups is 1. The third-order valence-electron chi connectivity index (χ3n) is 3.16. The fourth-order valence-electron chi connectivity index (χ4n) is 2.09. The fraction of sp³-hybridized carbons (Fsp3) is 0.176. The second-order valence-corrected chi connectivity index (χ2v) is 7.87. The number of carbonyl (C=O) groups is 1. The van der Waals surface area contributed by atoms with Gasteiger partial charge < -0.3 is 9.84 Å². The van der Waals surface area contributed by atoms with Crippen molar-refractivity contribution >= 4 is 59.9 Å². The predicted molar refractivity (Wildman–Crippen MR) is 108 cm³/mol. The number of hydrogen-bond donors (Lipinski definition) is 2. The van der Waals surface area contributed by atoms with E-state index in [0.29, 0.717) is 20.3 Å². The molecule has 8 heteroatoms. The molecule has 0 spiro atoms. The normalized spacial score (nSPS) is 10.9. The van der Waals surface area contributed by atoms with Crippen molar-refractivity contribution < 1.29 is 14.6 Å². The van der Waals surface area contributed by atoms with Gasteiger partial charge in [0, 0.05) is 0 Å². The van der Waals surface area contributed by atoms with E-state index in [-0.39, 0.29) is 18.3 Å². The molecule has 2 aromatic rings. The van der Waals surface area contributed by atoms with E-state index >= 15 is 0 Å². The van der Waals surface area contributed by atoms with Gasteiger partial charge in [0.15, 0.2) is 6.61 Å². The number of phenolic OH excluding ortho intramolecular Hbond substituents is 1. The van der Waals surface area contributed by atoms with Crippen molar-refractivity contribution in [3.8, 4) is 11.5 Å². The minimum Gasteiger partial charge on any atom is -0.506 e. The highest BCUT2D eigenvalue weighted by molar-refractivity contribution is 9.11. The second-order valence-electron chi connectivity index (χ2n) is 5.31. The smallest absolute Gasteiger partial charge is 0.277 e. The van der Waals surface area contributed by atoms with Gasteiger partial charge in [0.25, 0.3) is 5.91 Å². The Kier molecular flexibility index (Phi) is 7.04. The van der Waals surface area contributed by atoms with Crippen molar-refractivity contribution in [2.24, 2.45) is 5.10 Å². The van der Waals surface area contributed by atoms with Crippen LogP contribution >= 0.6 is 47.8 Å². The standard InChI is InChI=1S/C17H15Br3N2O3/c1-9-3-10(2)17(14(20)4-9)25-8-15(23)22-21-7-11-5-12(18)16(24)13(19)6-11/h3-7,24H,8H2,1-2H3,(H,22,23)/b21-7-. The van der Waals surface area contributed by atoms with Crippen LogP contribution in [0.4, 0.5) is 0 Å². The molecule has 0 saturated heterocycles. The quantitative estimate of drug-likeness (QED) is 0.426. The van der Waals surface area contributed by atoms with Crippen molar-refractivity contribution in [2.45, 2.75) is 13.8 Å². The van der Waals surface area contributed by atoms with Gasteiger partial charge in [-0.05, 0) is 96.5 Å². The molecule has 0 bridgehead atoms. The van der Waals surface area contributed by atoms with Crippen LogP contribution in [0, 0.1) is 13.8 Å². The fourth-order valence-corrected chi connectivity index (χ4v) is 4.10. The summed E-state index contributed by atoms with van der Waals surface area (Å²) in [6.45, 7) is 3.76. The van der Waals surface area contributed by atoms with Gasteiger partial charge in [0.1, 0.15) is 11.5 Å². The van der Waals surface area contributed by atoms with Crippen LogP contribution < -0.4 is 10.2 Å². The molecule has 0 aliphatic rings. The summed E-state index contributed by atoms with van der Waals surface area (Å²) in [6, 6.07) is 7.27. The molecule has 0 saturated carbocycles. The second kappa shape index (κ2) is 8.82. The summed E-state index contributed by atoms with van der Waals surface area (Å²) in [4.78, 5) is 11.9. The lowest BCUT2D eigenvalue weighted by Crippen LogP contribution is -2.24. The summed E-state index contributed by atoms with van der Waals surface area (Å²) < 4.78 is 7.42. The molecule has 2 N–H and O–H groups in total. The van der Waals surface area contributed by atoms with Crippen molar-refractivity contribution in [3.05, 3.63) is 54.4 Å². The number of phenols is 1. The Labute approximate surface area is 170 Å². The number of aromatic hydroxyl groups is 1. The molecule has 0 radical (unpaired) electrons. The number of rotatable bonds is 5. The number of benzene rings is 2. The molecule has 0 atom stereocenters. The first-order valence-electron chi connectivity index (χ1n) is 7.17. The lowest BCUT2D eigenvalue weighted by Gasteiger charge is -2.11. The molecule has 5 nitrogen and oxygen atoms in total. The first kappa shape index (κ1) is 19.9. The third kappa shape index (κ3) is 5.55. The Balaban J connectivity index is 1.93. The topological polar surface area (TPSA) is 70.9 Å². The average molecular weight is 535 g/mol. The number of aryl methyl sites for hydroxylation is 2. The van der Waals surface area contributed by atoms with Crippen LogP contribution in [0.15, 0.2) is 42.8 Å². The Morgan fingerprint density at radius 3 is 2.40 bits per heavy atom. The predicted octanol–water partition coefficient (Wildman–Crippen LogP) is 4.83. The van der Waals surface area contributed by atoms with Crippen LogP contribution in [0.1, 0.15) is 16.7 Å². The molecule has 132 valence electrons. The summed E-state index contributed by atoms with van der Waals surface area (Å²) in [7, 11) is 0. The van der Waals surface area contributed by atoms with Gasteiger partial charge in [-0.3, -0.25) is 4.79 Å². The molecular weight excluding hydrogens is 520 g/mol. The SMILES string of the molecule is Cc1cc(C)c(OCC(=O)N/N=C\c2cc(Br)c(O)c(Br)c2)c(Br)c1. The zero-order valence-electron chi connectivity index (χ0n) is 13.4. The van der Waals surface area contributed by atoms with E-state index in [1.54, 1.807) is 12.1 Å². The number of ether oxygens (including phenoxy) is 1. The number of halogens is 3. The monoisotopic (exact) mass is 532 g/mol. The Morgan fingerprint density at radius 2 is 1.80 bits per heavy atom. The summed E-state index contributed by atoms with van der Waals surface area (Å²) in [5, 5.41) is 13.5. The lowest BCUT2D eigenvalue weighted by atomic mass is 10.1. The molecule has 25 heavy (non-hydrogen) atoms. The number of hydrogen-bond acceptors (Lipinski definition) is 4. The third-order valence-corrected chi connectivity index (χ3v) is 4.96. The van der Waals surface area contributed by atoms with Gasteiger partial charge in [-0.1, -0.05) is 6.07 Å². The maximum absolute atomic E-state index is 11.9. The van der Waals surface area contributed by atoms with Gasteiger partial charge in [-0.15, -0.1) is 0 Å². The van der Waals surface area contributed by atoms with E-state index < -0.39 is 0 Å². The lowest BCUT2D eigenvalue weighted by molar-refractivity contribution is -0.123. The Bertz CT molecular complexity index is 792. The van der Waals surface area contributed by atoms with Gasteiger partial charge >= 0.3 is 0 Å². The highest BCUT2D eigenvalue weighted by atomic mass is 79.9. The average Bonchev–Trinajstić information content (AvgIpc) is 2.51. The van der Waals surface area contributed by atoms with Gasteiger partial charge in [-0.25, -0.2) is 5.43 Å². The number of nitrogens with zero attached hydrogens (tertiary/aromatic N) is 1. The summed E-state index contributed by atoms with van der Waals surface area (Å²) in [5.41, 5.74) is 5.16. The van der Waals surface area contributed by atoms with E-state index in [9.17, 15) is 9.90 Å². The highest BCUT2D eigenvalue weighted by Crippen LogP contribution is 2.33. The van der Waals surface area contributed by atoms with Crippen molar-refractivity contribution in [3.63, 3.8) is 0 Å². The summed E-state index contributed by atoms with van der Waals surface area (Å²) in [6.07, 6.45) is 1.47. The van der Waals surface area contributed by atoms with E-state index in [1.807, 2.05) is 26.0 Å². The van der Waals surface area contributed by atoms with E-state index in [1.165, 1.54) is 6.21 Å². The molecule has 2 aromatic carbocycles. The summed E-state index contributed by atoms with van der Waals surface area (Å²) in [5.74, 6) is 0.366. The van der Waals surface area contributed by atoms with E-state index in [4.69, 9.17) is 4.74 Å². The highest BCUT2D eigenvalue weighted by Gasteiger charge is 2.09. The maximum Gasteiger partial charge on any atom is 0.277 e. The zero-order chi connectivity index (χ0) is 18.6. The molecule has 1 amide bonds. The first-order valence-corrected chi connectivity index (χ1v) is 9.55. The molecule has 0 aromatic heterocycles.